The molecule has 0 aromatic carbocycles. The first-order valence-electron chi connectivity index (χ1n) is 7.53. The zero-order valence-electron chi connectivity index (χ0n) is 12.0. The smallest absolute Gasteiger partial charge is 0.109 e. The van der Waals surface area contributed by atoms with Crippen molar-refractivity contribution in [3.63, 3.8) is 0 Å². The number of hydrogen-bond donors (Lipinski definition) is 2. The fourth-order valence-corrected chi connectivity index (χ4v) is 3.71. The molecule has 1 aromatic rings. The number of hydrogen-bond acceptors (Lipinski definition) is 3. The van der Waals surface area contributed by atoms with E-state index in [0.29, 0.717) is 12.0 Å². The number of aliphatic hydroxyl groups is 1. The average Bonchev–Trinajstić information content (AvgIpc) is 2.93. The molecule has 0 aliphatic heterocycles. The van der Waals surface area contributed by atoms with Gasteiger partial charge in [0.1, 0.15) is 5.76 Å². The Morgan fingerprint density at radius 1 is 1.42 bits per heavy atom. The lowest BCUT2D eigenvalue weighted by Gasteiger charge is -2.35. The summed E-state index contributed by atoms with van der Waals surface area (Å²) in [6.45, 7) is 5.53. The monoisotopic (exact) mass is 263 g/mol. The first kappa shape index (κ1) is 13.2. The van der Waals surface area contributed by atoms with Crippen LogP contribution < -0.4 is 5.32 Å². The van der Waals surface area contributed by atoms with E-state index in [1.54, 1.807) is 0 Å². The highest BCUT2D eigenvalue weighted by Crippen LogP contribution is 2.41. The number of nitrogens with one attached hydrogen (secondary N) is 1. The molecule has 2 aliphatic rings. The highest BCUT2D eigenvalue weighted by molar-refractivity contribution is 5.26. The molecule has 3 nitrogen and oxygen atoms in total. The molecule has 3 heteroatoms. The molecule has 0 bridgehead atoms. The summed E-state index contributed by atoms with van der Waals surface area (Å²) >= 11 is 0. The van der Waals surface area contributed by atoms with Gasteiger partial charge < -0.3 is 14.8 Å². The predicted molar refractivity (Wildman–Crippen MR) is 74.9 cm³/mol. The fraction of sp³-hybridized carbons (Fsp3) is 0.750. The van der Waals surface area contributed by atoms with Crippen molar-refractivity contribution in [3.8, 4) is 0 Å². The van der Waals surface area contributed by atoms with E-state index in [-0.39, 0.29) is 11.5 Å². The summed E-state index contributed by atoms with van der Waals surface area (Å²) in [6, 6.07) is 2.48. The maximum Gasteiger partial charge on any atom is 0.109 e. The van der Waals surface area contributed by atoms with Gasteiger partial charge in [0.15, 0.2) is 0 Å². The van der Waals surface area contributed by atoms with E-state index in [9.17, 15) is 5.11 Å². The van der Waals surface area contributed by atoms with Gasteiger partial charge in [0.25, 0.3) is 0 Å². The first-order valence-corrected chi connectivity index (χ1v) is 7.53. The fourth-order valence-electron chi connectivity index (χ4n) is 3.71. The second-order valence-electron chi connectivity index (χ2n) is 7.06. The summed E-state index contributed by atoms with van der Waals surface area (Å²) in [5, 5.41) is 13.6. The van der Waals surface area contributed by atoms with Gasteiger partial charge in [-0.15, -0.1) is 0 Å². The minimum absolute atomic E-state index is 0.104. The topological polar surface area (TPSA) is 45.4 Å². The van der Waals surface area contributed by atoms with Crippen LogP contribution >= 0.6 is 0 Å². The number of fused-ring (bicyclic) bond motifs is 1. The molecule has 3 rings (SSSR count). The third kappa shape index (κ3) is 2.72. The minimum Gasteiger partial charge on any atom is -0.469 e. The Balaban J connectivity index is 1.67. The molecule has 2 aliphatic carbocycles. The molecule has 1 fully saturated rings. The molecular weight excluding hydrogens is 238 g/mol. The van der Waals surface area contributed by atoms with Crippen LogP contribution in [0.15, 0.2) is 16.7 Å². The van der Waals surface area contributed by atoms with E-state index < -0.39 is 0 Å². The summed E-state index contributed by atoms with van der Waals surface area (Å²) in [5.41, 5.74) is 1.61. The van der Waals surface area contributed by atoms with Gasteiger partial charge in [-0.2, -0.15) is 0 Å². The van der Waals surface area contributed by atoms with E-state index in [2.05, 4.69) is 25.2 Å². The molecule has 0 amide bonds. The number of furan rings is 1. The van der Waals surface area contributed by atoms with Crippen molar-refractivity contribution in [1.29, 1.82) is 0 Å². The summed E-state index contributed by atoms with van der Waals surface area (Å²) in [7, 11) is 0. The average molecular weight is 263 g/mol. The minimum atomic E-state index is -0.104. The summed E-state index contributed by atoms with van der Waals surface area (Å²) < 4.78 is 5.63. The third-order valence-electron chi connectivity index (χ3n) is 4.80. The largest absolute Gasteiger partial charge is 0.469 e. The highest BCUT2D eigenvalue weighted by atomic mass is 16.3. The molecule has 19 heavy (non-hydrogen) atoms. The molecule has 0 spiro atoms. The van der Waals surface area contributed by atoms with E-state index in [4.69, 9.17) is 4.42 Å². The van der Waals surface area contributed by atoms with Gasteiger partial charge in [-0.3, -0.25) is 0 Å². The summed E-state index contributed by atoms with van der Waals surface area (Å²) in [5.74, 6) is 1.57. The number of aliphatic hydroxyl groups excluding tert-OH is 1. The maximum absolute atomic E-state index is 9.92. The molecule has 2 N–H and O–H groups in total. The Hall–Kier alpha value is -0.800. The van der Waals surface area contributed by atoms with E-state index in [1.165, 1.54) is 12.0 Å². The maximum atomic E-state index is 9.92. The second-order valence-corrected chi connectivity index (χ2v) is 7.06. The predicted octanol–water partition coefficient (Wildman–Crippen LogP) is 3.04. The van der Waals surface area contributed by atoms with Crippen LogP contribution in [0.2, 0.25) is 0 Å². The van der Waals surface area contributed by atoms with Crippen LogP contribution in [0.1, 0.15) is 56.9 Å². The normalized spacial score (nSPS) is 33.3. The molecule has 0 radical (unpaired) electrons. The third-order valence-corrected chi connectivity index (χ3v) is 4.80. The van der Waals surface area contributed by atoms with Crippen LogP contribution in [-0.2, 0) is 6.42 Å². The van der Waals surface area contributed by atoms with Gasteiger partial charge in [-0.05, 0) is 36.7 Å². The van der Waals surface area contributed by atoms with Crippen molar-refractivity contribution in [2.45, 2.75) is 58.1 Å². The standard InChI is InChI=1S/C16H25NO2/c1-16(2)8-13(12-6-7-19-15(12)9-16)17-10-11-4-3-5-14(11)18/h6-7,11,13-14,17-18H,3-5,8-10H2,1-2H3. The Morgan fingerprint density at radius 2 is 2.26 bits per heavy atom. The lowest BCUT2D eigenvalue weighted by molar-refractivity contribution is 0.126. The molecule has 0 saturated heterocycles. The van der Waals surface area contributed by atoms with Gasteiger partial charge >= 0.3 is 0 Å². The van der Waals surface area contributed by atoms with Crippen molar-refractivity contribution in [1.82, 2.24) is 5.32 Å². The quantitative estimate of drug-likeness (QED) is 0.881. The molecule has 1 heterocycles. The molecular formula is C16H25NO2. The molecule has 1 saturated carbocycles. The lowest BCUT2D eigenvalue weighted by Crippen LogP contribution is -2.36. The number of rotatable bonds is 3. The van der Waals surface area contributed by atoms with Gasteiger partial charge in [-0.1, -0.05) is 20.3 Å². The lowest BCUT2D eigenvalue weighted by atomic mass is 9.74. The Morgan fingerprint density at radius 3 is 3.00 bits per heavy atom. The van der Waals surface area contributed by atoms with Crippen LogP contribution in [0.3, 0.4) is 0 Å². The van der Waals surface area contributed by atoms with Crippen molar-refractivity contribution in [2.24, 2.45) is 11.3 Å². The van der Waals surface area contributed by atoms with Crippen LogP contribution in [0.25, 0.3) is 0 Å². The van der Waals surface area contributed by atoms with E-state index >= 15 is 0 Å². The molecule has 3 unspecified atom stereocenters. The van der Waals surface area contributed by atoms with Gasteiger partial charge in [0.2, 0.25) is 0 Å². The van der Waals surface area contributed by atoms with Crippen LogP contribution in [0, 0.1) is 11.3 Å². The van der Waals surface area contributed by atoms with Crippen LogP contribution in [0.5, 0.6) is 0 Å². The Labute approximate surface area is 115 Å². The molecule has 1 aromatic heterocycles. The summed E-state index contributed by atoms with van der Waals surface area (Å²) in [6.07, 6.45) is 7.17. The zero-order valence-corrected chi connectivity index (χ0v) is 12.0. The van der Waals surface area contributed by atoms with E-state index in [0.717, 1.165) is 38.0 Å². The van der Waals surface area contributed by atoms with Gasteiger partial charge in [0.05, 0.1) is 12.4 Å². The first-order chi connectivity index (χ1) is 9.05. The SMILES string of the molecule is CC1(C)Cc2occc2C(NCC2CCCC2O)C1. The van der Waals surface area contributed by atoms with Crippen molar-refractivity contribution < 1.29 is 9.52 Å². The van der Waals surface area contributed by atoms with Crippen LogP contribution in [0.4, 0.5) is 0 Å². The van der Waals surface area contributed by atoms with Gasteiger partial charge in [-0.25, -0.2) is 0 Å². The van der Waals surface area contributed by atoms with Crippen molar-refractivity contribution in [2.75, 3.05) is 6.54 Å². The molecule has 3 atom stereocenters. The van der Waals surface area contributed by atoms with Gasteiger partial charge in [0, 0.05) is 24.6 Å². The molecule has 106 valence electrons. The summed E-state index contributed by atoms with van der Waals surface area (Å²) in [4.78, 5) is 0. The van der Waals surface area contributed by atoms with Crippen LogP contribution in [-0.4, -0.2) is 17.8 Å². The van der Waals surface area contributed by atoms with Crippen molar-refractivity contribution in [3.05, 3.63) is 23.7 Å². The van der Waals surface area contributed by atoms with E-state index in [1.807, 2.05) is 6.26 Å². The highest BCUT2D eigenvalue weighted by Gasteiger charge is 2.35. The Kier molecular flexibility index (Phi) is 3.44. The Bertz CT molecular complexity index is 438. The van der Waals surface area contributed by atoms with Crippen molar-refractivity contribution >= 4 is 0 Å². The second kappa shape index (κ2) is 4.95. The zero-order chi connectivity index (χ0) is 13.5.